The summed E-state index contributed by atoms with van der Waals surface area (Å²) >= 11 is 3.11. The molecule has 4 aliphatic carbocycles. The second-order valence-corrected chi connectivity index (χ2v) is 19.5. The van der Waals surface area contributed by atoms with E-state index >= 15 is 0 Å². The van der Waals surface area contributed by atoms with Crippen molar-refractivity contribution in [3.63, 3.8) is 0 Å². The molecule has 4 aliphatic rings. The van der Waals surface area contributed by atoms with Gasteiger partial charge in [-0.15, -0.1) is 69.8 Å². The first-order valence-electron chi connectivity index (χ1n) is 18.0. The number of hydrogen-bond donors (Lipinski definition) is 0. The van der Waals surface area contributed by atoms with Crippen molar-refractivity contribution >= 4 is 17.6 Å². The zero-order chi connectivity index (χ0) is 35.9. The quantitative estimate of drug-likeness (QED) is 0.181. The fourth-order valence-corrected chi connectivity index (χ4v) is 7.13. The smallest absolute Gasteiger partial charge is 1.00 e. The number of rotatable bonds is 4. The average molecular weight is 880 g/mol. The van der Waals surface area contributed by atoms with Gasteiger partial charge in [0.2, 0.25) is 0 Å². The van der Waals surface area contributed by atoms with E-state index in [0.29, 0.717) is 11.8 Å². The van der Waals surface area contributed by atoms with E-state index in [0.717, 1.165) is 25.7 Å². The van der Waals surface area contributed by atoms with Gasteiger partial charge in [0.1, 0.15) is 0 Å². The first-order chi connectivity index (χ1) is 23.9. The fraction of sp³-hybridized carbons (Fsp3) is 0.292. The molecular formula is C48H50Cl2Zr2-4. The van der Waals surface area contributed by atoms with Crippen LogP contribution in [0.1, 0.15) is 102 Å². The second-order valence-electron chi connectivity index (χ2n) is 14.6. The second kappa shape index (κ2) is 20.6. The summed E-state index contributed by atoms with van der Waals surface area (Å²) in [5.41, 5.74) is 19.5. The summed E-state index contributed by atoms with van der Waals surface area (Å²) in [4.78, 5) is 0. The van der Waals surface area contributed by atoms with Gasteiger partial charge in [-0.3, -0.25) is 0 Å². The Morgan fingerprint density at radius 1 is 0.519 bits per heavy atom. The van der Waals surface area contributed by atoms with Gasteiger partial charge < -0.3 is 24.8 Å². The van der Waals surface area contributed by atoms with Crippen LogP contribution in [0.5, 0.6) is 0 Å². The molecule has 8 rings (SSSR count). The van der Waals surface area contributed by atoms with Crippen molar-refractivity contribution in [2.75, 3.05) is 0 Å². The monoisotopic (exact) mass is 876 g/mol. The van der Waals surface area contributed by atoms with Gasteiger partial charge in [-0.25, -0.2) is 0 Å². The van der Waals surface area contributed by atoms with Crippen molar-refractivity contribution < 1.29 is 73.3 Å². The molecule has 268 valence electrons. The minimum Gasteiger partial charge on any atom is -1.00 e. The molecule has 0 bridgehead atoms. The molecule has 0 N–H and O–H groups in total. The minimum absolute atomic E-state index is 0. The molecule has 4 aromatic rings. The topological polar surface area (TPSA) is 0 Å². The number of halogens is 2. The first-order valence-corrected chi connectivity index (χ1v) is 20.5. The molecule has 0 amide bonds. The zero-order valence-corrected chi connectivity index (χ0v) is 38.4. The SMILES string of the molecule is CC(C)C1=C(c2[c-]c3c(cc2)-c2ccccc2C3)CC=C1.CC(C)C1=C(c2[c-]c3c(cc2)-c2ccccc2C3)CC=C1.C[C](C)=[Zr].C[C](C)=[Zr].[Cl-].[Cl-]. The molecule has 52 heavy (non-hydrogen) atoms. The van der Waals surface area contributed by atoms with Crippen LogP contribution in [0, 0.1) is 24.0 Å². The Kier molecular flexibility index (Phi) is 17.5. The van der Waals surface area contributed by atoms with E-state index in [1.165, 1.54) is 84.3 Å². The Balaban J connectivity index is 0.000000226. The predicted molar refractivity (Wildman–Crippen MR) is 211 cm³/mol. The average Bonchev–Trinajstić information content (AvgIpc) is 3.88. The summed E-state index contributed by atoms with van der Waals surface area (Å²) in [6, 6.07) is 33.9. The molecular weight excluding hydrogens is 830 g/mol. The van der Waals surface area contributed by atoms with E-state index in [2.05, 4.69) is 165 Å². The van der Waals surface area contributed by atoms with Crippen molar-refractivity contribution in [3.8, 4) is 22.3 Å². The van der Waals surface area contributed by atoms with Crippen LogP contribution >= 0.6 is 0 Å². The third kappa shape index (κ3) is 11.0. The van der Waals surface area contributed by atoms with Crippen LogP contribution in [0.15, 0.2) is 108 Å². The molecule has 0 aliphatic heterocycles. The molecule has 0 aromatic heterocycles. The molecule has 0 saturated carbocycles. The van der Waals surface area contributed by atoms with Gasteiger partial charge in [-0.2, -0.15) is 0 Å². The largest absolute Gasteiger partial charge is 1.00 e. The Labute approximate surface area is 356 Å². The Morgan fingerprint density at radius 3 is 1.21 bits per heavy atom. The summed E-state index contributed by atoms with van der Waals surface area (Å²) in [5, 5.41) is 0. The summed E-state index contributed by atoms with van der Waals surface area (Å²) in [5.74, 6) is 1.16. The molecule has 0 nitrogen and oxygen atoms in total. The van der Waals surface area contributed by atoms with E-state index in [-0.39, 0.29) is 24.8 Å². The maximum atomic E-state index is 3.70. The van der Waals surface area contributed by atoms with Crippen LogP contribution in [-0.2, 0) is 61.3 Å². The zero-order valence-electron chi connectivity index (χ0n) is 32.0. The third-order valence-corrected chi connectivity index (χ3v) is 9.23. The van der Waals surface area contributed by atoms with Crippen molar-refractivity contribution in [2.24, 2.45) is 11.8 Å². The van der Waals surface area contributed by atoms with Gasteiger partial charge in [0, 0.05) is 0 Å². The predicted octanol–water partition coefficient (Wildman–Crippen LogP) is 6.35. The van der Waals surface area contributed by atoms with Crippen molar-refractivity contribution in [2.45, 2.75) is 81.1 Å². The molecule has 0 saturated heterocycles. The molecule has 4 aromatic carbocycles. The van der Waals surface area contributed by atoms with Crippen LogP contribution < -0.4 is 24.8 Å². The van der Waals surface area contributed by atoms with E-state index in [1.807, 2.05) is 0 Å². The molecule has 0 radical (unpaired) electrons. The van der Waals surface area contributed by atoms with E-state index < -0.39 is 0 Å². The Hall–Kier alpha value is -2.07. The molecule has 0 atom stereocenters. The summed E-state index contributed by atoms with van der Waals surface area (Å²) in [6.07, 6.45) is 13.3. The number of hydrogen-bond acceptors (Lipinski definition) is 0. The van der Waals surface area contributed by atoms with Crippen molar-refractivity contribution in [1.82, 2.24) is 0 Å². The minimum atomic E-state index is 0. The Morgan fingerprint density at radius 2 is 0.865 bits per heavy atom. The normalized spacial score (nSPS) is 13.7. The van der Waals surface area contributed by atoms with Gasteiger partial charge >= 0.3 is 82.6 Å². The maximum Gasteiger partial charge on any atom is -1.00 e. The molecule has 0 unspecified atom stereocenters. The number of benzene rings is 4. The summed E-state index contributed by atoms with van der Waals surface area (Å²) in [6.45, 7) is 17.6. The van der Waals surface area contributed by atoms with Crippen molar-refractivity contribution in [3.05, 3.63) is 154 Å². The van der Waals surface area contributed by atoms with Crippen LogP contribution in [0.3, 0.4) is 0 Å². The standard InChI is InChI=1S/2C21H19.2C3H6.2ClH.2Zr/c2*1-14(2)18-8-5-9-19(18)16-10-11-21-17(13-16)12-15-6-3-4-7-20(15)21;2*1-3-2;;;;/h2*3-8,10-11,14H,9,12H2,1-2H3;2*1-2H3;2*1H;;/q2*-1;;;;;;/p-2. The van der Waals surface area contributed by atoms with Crippen molar-refractivity contribution in [1.29, 1.82) is 0 Å². The first kappa shape index (κ1) is 44.3. The number of allylic oxidation sites excluding steroid dienone is 8. The van der Waals surface area contributed by atoms with Crippen LogP contribution in [0.25, 0.3) is 33.4 Å². The summed E-state index contributed by atoms with van der Waals surface area (Å²) < 4.78 is 3.01. The third-order valence-electron chi connectivity index (χ3n) is 9.23. The van der Waals surface area contributed by atoms with Crippen LogP contribution in [0.4, 0.5) is 0 Å². The van der Waals surface area contributed by atoms with Gasteiger partial charge in [0.05, 0.1) is 0 Å². The van der Waals surface area contributed by atoms with E-state index in [1.54, 1.807) is 48.5 Å². The Bertz CT molecular complexity index is 1880. The fourth-order valence-electron chi connectivity index (χ4n) is 7.13. The van der Waals surface area contributed by atoms with Gasteiger partial charge in [-0.1, -0.05) is 134 Å². The van der Waals surface area contributed by atoms with Gasteiger partial charge in [0.25, 0.3) is 0 Å². The van der Waals surface area contributed by atoms with Gasteiger partial charge in [0.15, 0.2) is 0 Å². The molecule has 4 heteroatoms. The molecule has 0 spiro atoms. The summed E-state index contributed by atoms with van der Waals surface area (Å²) in [7, 11) is 0. The number of fused-ring (bicyclic) bond motifs is 6. The maximum absolute atomic E-state index is 3.70. The van der Waals surface area contributed by atoms with Crippen LogP contribution in [0.2, 0.25) is 0 Å². The molecule has 0 fully saturated rings. The van der Waals surface area contributed by atoms with E-state index in [9.17, 15) is 0 Å². The van der Waals surface area contributed by atoms with Gasteiger partial charge in [-0.05, 0) is 48.6 Å². The van der Waals surface area contributed by atoms with Crippen LogP contribution in [-0.4, -0.2) is 6.41 Å². The van der Waals surface area contributed by atoms with E-state index in [4.69, 9.17) is 0 Å². The molecule has 0 heterocycles.